The van der Waals surface area contributed by atoms with Crippen molar-refractivity contribution in [3.05, 3.63) is 101 Å². The Labute approximate surface area is 244 Å². The number of ether oxygens (including phenoxy) is 3. The van der Waals surface area contributed by atoms with Gasteiger partial charge < -0.3 is 19.3 Å². The average molecular weight is 556 g/mol. The molecule has 6 nitrogen and oxygen atoms in total. The number of aryl methyl sites for hydroxylation is 1. The monoisotopic (exact) mass is 555 g/mol. The van der Waals surface area contributed by atoms with E-state index in [1.54, 1.807) is 6.07 Å². The van der Waals surface area contributed by atoms with Crippen molar-refractivity contribution in [1.29, 1.82) is 0 Å². The van der Waals surface area contributed by atoms with Crippen LogP contribution < -0.4 is 9.47 Å². The van der Waals surface area contributed by atoms with Crippen molar-refractivity contribution in [2.75, 3.05) is 47.1 Å². The van der Waals surface area contributed by atoms with Crippen molar-refractivity contribution >= 4 is 11.5 Å². The predicted octanol–water partition coefficient (Wildman–Crippen LogP) is 5.63. The second-order valence-corrected chi connectivity index (χ2v) is 10.9. The van der Waals surface area contributed by atoms with Crippen LogP contribution in [0.1, 0.15) is 48.6 Å². The number of aliphatic hydroxyl groups excluding tert-OH is 1. The Morgan fingerprint density at radius 1 is 0.976 bits per heavy atom. The number of aliphatic hydroxyl groups is 1. The minimum Gasteiger partial charge on any atom is -0.489 e. The third-order valence-corrected chi connectivity index (χ3v) is 6.58. The Bertz CT molecular complexity index is 1370. The summed E-state index contributed by atoms with van der Waals surface area (Å²) in [7, 11) is 3.27. The molecule has 3 rings (SSSR count). The molecule has 0 aliphatic carbocycles. The van der Waals surface area contributed by atoms with Crippen molar-refractivity contribution in [3.63, 3.8) is 0 Å². The zero-order valence-electron chi connectivity index (χ0n) is 25.0. The highest BCUT2D eigenvalue weighted by atomic mass is 16.6. The fourth-order valence-electron chi connectivity index (χ4n) is 4.10. The SMILES string of the molecule is COC(=O)COc1ccc(OC/C=C(\c2ccc(C#CCN(C)CCO)cc2)c2ccc(C(C)(C)C)cc2)cc1C. The molecule has 0 atom stereocenters. The molecule has 0 spiro atoms. The summed E-state index contributed by atoms with van der Waals surface area (Å²) in [5.41, 5.74) is 6.40. The summed E-state index contributed by atoms with van der Waals surface area (Å²) in [6.07, 6.45) is 2.09. The molecule has 0 radical (unpaired) electrons. The molecular weight excluding hydrogens is 514 g/mol. The van der Waals surface area contributed by atoms with Crippen molar-refractivity contribution in [2.24, 2.45) is 0 Å². The largest absolute Gasteiger partial charge is 0.489 e. The van der Waals surface area contributed by atoms with Crippen LogP contribution in [-0.2, 0) is 14.9 Å². The van der Waals surface area contributed by atoms with Gasteiger partial charge in [0, 0.05) is 12.1 Å². The molecule has 0 heterocycles. The van der Waals surface area contributed by atoms with Crippen LogP contribution in [0.4, 0.5) is 0 Å². The van der Waals surface area contributed by atoms with E-state index in [1.807, 2.05) is 43.1 Å². The van der Waals surface area contributed by atoms with Gasteiger partial charge in [-0.05, 0) is 83.6 Å². The number of hydrogen-bond donors (Lipinski definition) is 1. The number of benzene rings is 3. The molecule has 0 amide bonds. The summed E-state index contributed by atoms with van der Waals surface area (Å²) in [5, 5.41) is 9.05. The van der Waals surface area contributed by atoms with Crippen LogP contribution in [0.3, 0.4) is 0 Å². The van der Waals surface area contributed by atoms with Crippen LogP contribution in [-0.4, -0.2) is 63.0 Å². The minimum atomic E-state index is -0.427. The van der Waals surface area contributed by atoms with E-state index in [2.05, 4.69) is 79.8 Å². The highest BCUT2D eigenvalue weighted by molar-refractivity contribution is 5.80. The van der Waals surface area contributed by atoms with E-state index in [-0.39, 0.29) is 18.6 Å². The summed E-state index contributed by atoms with van der Waals surface area (Å²) in [4.78, 5) is 13.4. The molecule has 41 heavy (non-hydrogen) atoms. The lowest BCUT2D eigenvalue weighted by Gasteiger charge is -2.19. The molecular formula is C35H41NO5. The number of carbonyl (C=O) groups is 1. The quantitative estimate of drug-likeness (QED) is 0.244. The van der Waals surface area contributed by atoms with Crippen molar-refractivity contribution in [2.45, 2.75) is 33.1 Å². The maximum atomic E-state index is 11.4. The van der Waals surface area contributed by atoms with E-state index < -0.39 is 5.97 Å². The van der Waals surface area contributed by atoms with E-state index in [4.69, 9.17) is 14.6 Å². The van der Waals surface area contributed by atoms with Gasteiger partial charge in [-0.3, -0.25) is 4.90 Å². The summed E-state index contributed by atoms with van der Waals surface area (Å²) in [5.74, 6) is 7.26. The molecule has 0 unspecified atom stereocenters. The van der Waals surface area contributed by atoms with Gasteiger partial charge in [-0.25, -0.2) is 4.79 Å². The van der Waals surface area contributed by atoms with Gasteiger partial charge in [0.15, 0.2) is 6.61 Å². The highest BCUT2D eigenvalue weighted by Crippen LogP contribution is 2.29. The molecule has 0 saturated carbocycles. The number of nitrogens with zero attached hydrogens (tertiary/aromatic N) is 1. The highest BCUT2D eigenvalue weighted by Gasteiger charge is 2.14. The summed E-state index contributed by atoms with van der Waals surface area (Å²) >= 11 is 0. The van der Waals surface area contributed by atoms with E-state index >= 15 is 0 Å². The van der Waals surface area contributed by atoms with Gasteiger partial charge in [-0.1, -0.05) is 69.0 Å². The second-order valence-electron chi connectivity index (χ2n) is 10.9. The minimum absolute atomic E-state index is 0.0711. The molecule has 6 heteroatoms. The predicted molar refractivity (Wildman–Crippen MR) is 164 cm³/mol. The van der Waals surface area contributed by atoms with Crippen LogP contribution in [0.2, 0.25) is 0 Å². The molecule has 216 valence electrons. The number of carbonyl (C=O) groups excluding carboxylic acids is 1. The van der Waals surface area contributed by atoms with Gasteiger partial charge in [0.05, 0.1) is 20.3 Å². The Balaban J connectivity index is 1.80. The third kappa shape index (κ3) is 9.82. The van der Waals surface area contributed by atoms with E-state index in [0.717, 1.165) is 27.8 Å². The molecule has 1 N–H and O–H groups in total. The van der Waals surface area contributed by atoms with Crippen molar-refractivity contribution in [1.82, 2.24) is 4.90 Å². The van der Waals surface area contributed by atoms with E-state index in [1.165, 1.54) is 12.7 Å². The molecule has 0 aliphatic heterocycles. The number of methoxy groups -OCH3 is 1. The Morgan fingerprint density at radius 2 is 1.63 bits per heavy atom. The van der Waals surface area contributed by atoms with Crippen molar-refractivity contribution in [3.8, 4) is 23.3 Å². The van der Waals surface area contributed by atoms with Crippen LogP contribution in [0.25, 0.3) is 5.57 Å². The normalized spacial score (nSPS) is 11.6. The van der Waals surface area contributed by atoms with Gasteiger partial charge in [-0.2, -0.15) is 0 Å². The van der Waals surface area contributed by atoms with Crippen LogP contribution in [0.15, 0.2) is 72.8 Å². The van der Waals surface area contributed by atoms with Crippen LogP contribution in [0.5, 0.6) is 11.5 Å². The van der Waals surface area contributed by atoms with Gasteiger partial charge in [0.1, 0.15) is 18.1 Å². The third-order valence-electron chi connectivity index (χ3n) is 6.58. The number of rotatable bonds is 11. The molecule has 0 fully saturated rings. The summed E-state index contributed by atoms with van der Waals surface area (Å²) in [6, 6.07) is 22.4. The van der Waals surface area contributed by atoms with Crippen LogP contribution >= 0.6 is 0 Å². The average Bonchev–Trinajstić information content (AvgIpc) is 2.95. The molecule has 0 bridgehead atoms. The molecule has 3 aromatic carbocycles. The maximum absolute atomic E-state index is 11.4. The number of esters is 1. The molecule has 0 aromatic heterocycles. The lowest BCUT2D eigenvalue weighted by atomic mass is 9.85. The maximum Gasteiger partial charge on any atom is 0.343 e. The first kappa shape index (κ1) is 31.5. The zero-order valence-corrected chi connectivity index (χ0v) is 25.0. The van der Waals surface area contributed by atoms with Crippen LogP contribution in [0, 0.1) is 18.8 Å². The Kier molecular flexibility index (Phi) is 11.6. The van der Waals surface area contributed by atoms with Gasteiger partial charge in [0.25, 0.3) is 0 Å². The second kappa shape index (κ2) is 15.1. The first-order valence-electron chi connectivity index (χ1n) is 13.7. The lowest BCUT2D eigenvalue weighted by molar-refractivity contribution is -0.142. The Morgan fingerprint density at radius 3 is 2.22 bits per heavy atom. The summed E-state index contributed by atoms with van der Waals surface area (Å²) < 4.78 is 16.3. The Hall–Kier alpha value is -4.05. The fourth-order valence-corrected chi connectivity index (χ4v) is 4.10. The van der Waals surface area contributed by atoms with E-state index in [0.29, 0.717) is 31.2 Å². The zero-order chi connectivity index (χ0) is 29.8. The van der Waals surface area contributed by atoms with Gasteiger partial charge in [-0.15, -0.1) is 0 Å². The number of likely N-dealkylation sites (N-methyl/N-ethyl adjacent to an activating group) is 1. The van der Waals surface area contributed by atoms with Gasteiger partial charge >= 0.3 is 5.97 Å². The fraction of sp³-hybridized carbons (Fsp3) is 0.343. The smallest absolute Gasteiger partial charge is 0.343 e. The topological polar surface area (TPSA) is 68.2 Å². The standard InChI is InChI=1S/C35H41NO5/c1-26-24-31(17-18-33(26)41-25-34(38)39-6)40-23-19-32(29-13-15-30(16-14-29)35(2,3)4)28-11-9-27(10-12-28)8-7-20-36(5)21-22-37/h9-19,24,37H,20-23,25H2,1-6H3/b32-19+. The first-order valence-corrected chi connectivity index (χ1v) is 13.7. The summed E-state index contributed by atoms with van der Waals surface area (Å²) in [6.45, 7) is 10.1. The molecule has 3 aromatic rings. The lowest BCUT2D eigenvalue weighted by Crippen LogP contribution is -2.22. The number of hydrogen-bond acceptors (Lipinski definition) is 6. The first-order chi connectivity index (χ1) is 19.6. The van der Waals surface area contributed by atoms with E-state index in [9.17, 15) is 4.79 Å². The van der Waals surface area contributed by atoms with Gasteiger partial charge in [0.2, 0.25) is 0 Å². The van der Waals surface area contributed by atoms with Crippen molar-refractivity contribution < 1.29 is 24.1 Å². The molecule has 0 saturated heterocycles. The molecule has 0 aliphatic rings.